The Labute approximate surface area is 250 Å². The first-order chi connectivity index (χ1) is 20.7. The molecule has 1 unspecified atom stereocenters. The zero-order valence-electron chi connectivity index (χ0n) is 23.9. The Balaban J connectivity index is 0.000000523. The van der Waals surface area contributed by atoms with Crippen LogP contribution >= 0.6 is 0 Å². The predicted octanol–water partition coefficient (Wildman–Crippen LogP) is 3.27. The summed E-state index contributed by atoms with van der Waals surface area (Å²) in [5, 5.41) is 38.1. The Kier molecular flexibility index (Phi) is 7.12. The number of alkyl halides is 3. The fourth-order valence-electron chi connectivity index (χ4n) is 8.01. The Hall–Kier alpha value is -3.84. The minimum atomic E-state index is -4.48. The molecule has 3 aliphatic carbocycles. The first-order valence-electron chi connectivity index (χ1n) is 14.6. The quantitative estimate of drug-likeness (QED) is 0.379. The molecule has 2 aromatic carbocycles. The SMILES string of the molecule is CN(C(=O)c1ccc(C(F)(F)F)cc1)[C@@H]1CC[C@@]2(O)[C@H]3Cc4ccc(O)c5c4C2(CCN3CC2CC2)[C@H]1O5.O=C(O)C(=O)O. The van der Waals surface area contributed by atoms with Gasteiger partial charge < -0.3 is 30.1 Å². The van der Waals surface area contributed by atoms with Crippen molar-refractivity contribution >= 4 is 17.8 Å². The number of nitrogens with zero attached hydrogens (tertiary/aromatic N) is 2. The van der Waals surface area contributed by atoms with Crippen molar-refractivity contribution in [1.29, 1.82) is 0 Å². The second kappa shape index (κ2) is 10.4. The second-order valence-corrected chi connectivity index (χ2v) is 12.5. The molecule has 7 rings (SSSR count). The van der Waals surface area contributed by atoms with E-state index in [1.54, 1.807) is 18.0 Å². The van der Waals surface area contributed by atoms with E-state index in [4.69, 9.17) is 24.5 Å². The monoisotopic (exact) mass is 618 g/mol. The molecule has 0 radical (unpaired) electrons. The summed E-state index contributed by atoms with van der Waals surface area (Å²) in [6.07, 6.45) is -0.286. The summed E-state index contributed by atoms with van der Waals surface area (Å²) >= 11 is 0. The molecule has 5 aliphatic rings. The number of carboxylic acids is 2. The largest absolute Gasteiger partial charge is 0.504 e. The number of benzene rings is 2. The number of aliphatic hydroxyl groups is 1. The summed E-state index contributed by atoms with van der Waals surface area (Å²) in [4.78, 5) is 35.7. The number of amides is 1. The van der Waals surface area contributed by atoms with Crippen molar-refractivity contribution in [1.82, 2.24) is 9.80 Å². The molecule has 1 amide bonds. The van der Waals surface area contributed by atoms with Crippen LogP contribution in [0.5, 0.6) is 11.5 Å². The van der Waals surface area contributed by atoms with Crippen LogP contribution in [-0.2, 0) is 27.6 Å². The number of carbonyl (C=O) groups is 3. The number of likely N-dealkylation sites (N-methyl/N-ethyl adjacent to an activating group) is 1. The van der Waals surface area contributed by atoms with Crippen molar-refractivity contribution in [3.8, 4) is 11.5 Å². The Morgan fingerprint density at radius 2 is 1.68 bits per heavy atom. The van der Waals surface area contributed by atoms with Gasteiger partial charge in [0.05, 0.1) is 22.6 Å². The number of piperidine rings is 1. The fourth-order valence-corrected chi connectivity index (χ4v) is 8.01. The minimum Gasteiger partial charge on any atom is -0.504 e. The Bertz CT molecular complexity index is 1500. The molecular formula is C31H33F3N2O8. The van der Waals surface area contributed by atoms with Crippen LogP contribution in [0.3, 0.4) is 0 Å². The molecule has 2 bridgehead atoms. The van der Waals surface area contributed by atoms with Crippen molar-refractivity contribution in [3.63, 3.8) is 0 Å². The average molecular weight is 619 g/mol. The lowest BCUT2D eigenvalue weighted by Crippen LogP contribution is -2.78. The summed E-state index contributed by atoms with van der Waals surface area (Å²) in [6, 6.07) is 7.37. The fraction of sp³-hybridized carbons (Fsp3) is 0.516. The van der Waals surface area contributed by atoms with Crippen LogP contribution in [-0.4, -0.2) is 92.0 Å². The highest BCUT2D eigenvalue weighted by Crippen LogP contribution is 2.66. The van der Waals surface area contributed by atoms with Crippen LogP contribution in [0.25, 0.3) is 0 Å². The lowest BCUT2D eigenvalue weighted by molar-refractivity contribution is -0.197. The third-order valence-electron chi connectivity index (χ3n) is 10.2. The molecule has 10 nitrogen and oxygen atoms in total. The van der Waals surface area contributed by atoms with Crippen molar-refractivity contribution in [3.05, 3.63) is 58.7 Å². The van der Waals surface area contributed by atoms with Crippen LogP contribution in [0.4, 0.5) is 13.2 Å². The van der Waals surface area contributed by atoms with Gasteiger partial charge in [0.15, 0.2) is 11.5 Å². The highest BCUT2D eigenvalue weighted by Gasteiger charge is 2.73. The van der Waals surface area contributed by atoms with Crippen molar-refractivity contribution in [2.24, 2.45) is 5.92 Å². The van der Waals surface area contributed by atoms with E-state index in [0.717, 1.165) is 36.3 Å². The summed E-state index contributed by atoms with van der Waals surface area (Å²) in [5.74, 6) is -2.92. The number of phenols is 1. The normalized spacial score (nSPS) is 29.9. The van der Waals surface area contributed by atoms with Gasteiger partial charge in [-0.3, -0.25) is 9.69 Å². The first kappa shape index (κ1) is 30.2. The molecule has 1 saturated heterocycles. The molecule has 5 atom stereocenters. The number of carbonyl (C=O) groups excluding carboxylic acids is 1. The smallest absolute Gasteiger partial charge is 0.416 e. The molecule has 2 aliphatic heterocycles. The van der Waals surface area contributed by atoms with Crippen LogP contribution in [0.1, 0.15) is 59.2 Å². The summed E-state index contributed by atoms with van der Waals surface area (Å²) in [6.45, 7) is 1.78. The van der Waals surface area contributed by atoms with Crippen molar-refractivity contribution in [2.45, 2.75) is 73.9 Å². The number of phenolic OH excluding ortho intramolecular Hbond substituents is 1. The molecule has 4 N–H and O–H groups in total. The first-order valence-corrected chi connectivity index (χ1v) is 14.6. The topological polar surface area (TPSA) is 148 Å². The van der Waals surface area contributed by atoms with E-state index < -0.39 is 52.7 Å². The third kappa shape index (κ3) is 4.59. The van der Waals surface area contributed by atoms with Crippen LogP contribution in [0, 0.1) is 5.92 Å². The number of ether oxygens (including phenoxy) is 1. The summed E-state index contributed by atoms with van der Waals surface area (Å²) in [5.41, 5.74) is -0.510. The predicted molar refractivity (Wildman–Crippen MR) is 147 cm³/mol. The number of likely N-dealkylation sites (tertiary alicyclic amines) is 1. The molecule has 2 aromatic rings. The van der Waals surface area contributed by atoms with Gasteiger partial charge in [0.2, 0.25) is 0 Å². The van der Waals surface area contributed by atoms with E-state index in [9.17, 15) is 28.2 Å². The maximum atomic E-state index is 13.5. The lowest BCUT2D eigenvalue weighted by Gasteiger charge is -2.64. The molecule has 236 valence electrons. The van der Waals surface area contributed by atoms with Gasteiger partial charge in [-0.05, 0) is 86.9 Å². The second-order valence-electron chi connectivity index (χ2n) is 12.5. The Morgan fingerprint density at radius 3 is 2.27 bits per heavy atom. The minimum absolute atomic E-state index is 0.0317. The highest BCUT2D eigenvalue weighted by atomic mass is 19.4. The molecule has 2 heterocycles. The lowest BCUT2D eigenvalue weighted by atomic mass is 9.48. The van der Waals surface area contributed by atoms with Crippen molar-refractivity contribution < 1.29 is 52.7 Å². The molecule has 0 aromatic heterocycles. The van der Waals surface area contributed by atoms with Gasteiger partial charge in [-0.1, -0.05) is 6.07 Å². The molecule has 3 fully saturated rings. The summed E-state index contributed by atoms with van der Waals surface area (Å²) < 4.78 is 45.7. The highest BCUT2D eigenvalue weighted by molar-refractivity contribution is 6.27. The van der Waals surface area contributed by atoms with E-state index in [1.807, 2.05) is 6.07 Å². The molecule has 1 spiro atoms. The number of aliphatic carboxylic acids is 2. The number of aromatic hydroxyl groups is 1. The van der Waals surface area contributed by atoms with E-state index >= 15 is 0 Å². The van der Waals surface area contributed by atoms with Gasteiger partial charge in [-0.25, -0.2) is 9.59 Å². The Morgan fingerprint density at radius 1 is 1.02 bits per heavy atom. The van der Waals surface area contributed by atoms with Gasteiger partial charge in [-0.2, -0.15) is 13.2 Å². The van der Waals surface area contributed by atoms with Crippen LogP contribution in [0.15, 0.2) is 36.4 Å². The zero-order chi connectivity index (χ0) is 31.8. The van der Waals surface area contributed by atoms with E-state index in [0.29, 0.717) is 37.4 Å². The number of halogens is 3. The maximum absolute atomic E-state index is 13.5. The molecule has 2 saturated carbocycles. The van der Waals surface area contributed by atoms with Crippen LogP contribution in [0.2, 0.25) is 0 Å². The van der Waals surface area contributed by atoms with Crippen molar-refractivity contribution in [2.75, 3.05) is 20.1 Å². The van der Waals surface area contributed by atoms with Gasteiger partial charge in [0.1, 0.15) is 6.10 Å². The van der Waals surface area contributed by atoms with Gasteiger partial charge >= 0.3 is 18.1 Å². The van der Waals surface area contributed by atoms with E-state index in [1.165, 1.54) is 25.0 Å². The average Bonchev–Trinajstić information content (AvgIpc) is 3.72. The third-order valence-corrected chi connectivity index (χ3v) is 10.2. The molecular weight excluding hydrogens is 585 g/mol. The van der Waals surface area contributed by atoms with Gasteiger partial charge in [0, 0.05) is 30.8 Å². The summed E-state index contributed by atoms with van der Waals surface area (Å²) in [7, 11) is 1.65. The van der Waals surface area contributed by atoms with Gasteiger partial charge in [0.25, 0.3) is 5.91 Å². The van der Waals surface area contributed by atoms with E-state index in [-0.39, 0.29) is 17.4 Å². The standard InChI is InChI=1S/C29H31F3N2O4.C2H2O4/c1-33(26(36)17-4-7-19(8-5-17)29(30,31)32)20-10-11-28(37)22-14-18-6-9-21(35)24-23(18)27(28,25(20)38-24)12-13-34(22)15-16-2-3-16;3-1(4)2(5)6/h4-9,16,20,22,25,35,37H,2-3,10-15H2,1H3;(H,3,4)(H,5,6)/t20-,22-,25+,27?,28-;/m1./s1. The number of hydrogen-bond acceptors (Lipinski definition) is 7. The zero-order valence-corrected chi connectivity index (χ0v) is 23.9. The molecule has 13 heteroatoms. The van der Waals surface area contributed by atoms with Gasteiger partial charge in [-0.15, -0.1) is 0 Å². The maximum Gasteiger partial charge on any atom is 0.416 e. The molecule has 44 heavy (non-hydrogen) atoms. The van der Waals surface area contributed by atoms with E-state index in [2.05, 4.69) is 4.90 Å². The number of hydrogen-bond donors (Lipinski definition) is 4. The van der Waals surface area contributed by atoms with Crippen LogP contribution < -0.4 is 4.74 Å². The number of rotatable bonds is 4. The number of carboxylic acid groups (broad SMARTS) is 2.